The lowest BCUT2D eigenvalue weighted by atomic mass is 9.63. The van der Waals surface area contributed by atoms with Gasteiger partial charge in [-0.3, -0.25) is 19.3 Å². The molecule has 160 valence electrons. The van der Waals surface area contributed by atoms with Crippen molar-refractivity contribution in [1.82, 2.24) is 0 Å². The van der Waals surface area contributed by atoms with Crippen molar-refractivity contribution in [2.24, 2.45) is 35.5 Å². The van der Waals surface area contributed by atoms with Gasteiger partial charge in [0.2, 0.25) is 11.8 Å². The predicted molar refractivity (Wildman–Crippen MR) is 115 cm³/mol. The van der Waals surface area contributed by atoms with Crippen molar-refractivity contribution >= 4 is 29.3 Å². The molecule has 2 aromatic carbocycles. The van der Waals surface area contributed by atoms with Crippen molar-refractivity contribution in [1.29, 1.82) is 0 Å². The number of hydrogen-bond donors (Lipinski definition) is 0. The zero-order valence-electron chi connectivity index (χ0n) is 17.4. The first-order valence-electron chi connectivity index (χ1n) is 10.9. The van der Waals surface area contributed by atoms with E-state index in [9.17, 15) is 19.2 Å². The van der Waals surface area contributed by atoms with Gasteiger partial charge in [0.15, 0.2) is 5.78 Å². The Morgan fingerprint density at radius 3 is 2.06 bits per heavy atom. The van der Waals surface area contributed by atoms with E-state index < -0.39 is 5.97 Å². The number of esters is 1. The first-order valence-corrected chi connectivity index (χ1v) is 10.9. The van der Waals surface area contributed by atoms with E-state index in [1.54, 1.807) is 48.5 Å². The van der Waals surface area contributed by atoms with Gasteiger partial charge in [0.25, 0.3) is 0 Å². The molecule has 0 aromatic heterocycles. The third kappa shape index (κ3) is 2.65. The molecule has 2 saturated carbocycles. The van der Waals surface area contributed by atoms with E-state index in [-0.39, 0.29) is 52.6 Å². The molecule has 32 heavy (non-hydrogen) atoms. The second-order valence-corrected chi connectivity index (χ2v) is 9.16. The quantitative estimate of drug-likeness (QED) is 0.245. The van der Waals surface area contributed by atoms with Crippen LogP contribution in [-0.4, -0.2) is 23.6 Å². The van der Waals surface area contributed by atoms with Crippen LogP contribution in [0.1, 0.15) is 34.1 Å². The Labute approximate surface area is 184 Å². The molecule has 1 saturated heterocycles. The summed E-state index contributed by atoms with van der Waals surface area (Å²) in [5.41, 5.74) is 1.07. The van der Waals surface area contributed by atoms with Crippen LogP contribution >= 0.6 is 0 Å². The SMILES string of the molecule is CC(=O)c1ccccc1OC(=O)c1ccc(N2C(=O)[C@@H]3[C@H]4C=C[C@@H]([C@@H]5C[C@@H]45)[C@H]3C2=O)cc1. The van der Waals surface area contributed by atoms with Gasteiger partial charge in [0.05, 0.1) is 28.7 Å². The number of amides is 2. The molecule has 2 aromatic rings. The number of imide groups is 1. The Morgan fingerprint density at radius 1 is 0.875 bits per heavy atom. The molecule has 2 amide bonds. The first-order chi connectivity index (χ1) is 15.5. The third-order valence-electron chi connectivity index (χ3n) is 7.49. The minimum Gasteiger partial charge on any atom is -0.422 e. The number of anilines is 1. The smallest absolute Gasteiger partial charge is 0.343 e. The molecular weight excluding hydrogens is 406 g/mol. The number of nitrogens with zero attached hydrogens (tertiary/aromatic N) is 1. The lowest BCUT2D eigenvalue weighted by Crippen LogP contribution is -2.40. The Hall–Kier alpha value is -3.54. The standard InChI is InChI=1S/C26H21NO5/c1-13(28)16-4-2-3-5-21(16)32-26(31)14-6-8-15(9-7-14)27-24(29)22-17-10-11-18(20-12-19(17)20)23(22)25(27)30/h2-11,17-20,22-23H,12H2,1H3/t17-,18-,19-,20-,22+,23+/m0/s1. The summed E-state index contributed by atoms with van der Waals surface area (Å²) in [6.07, 6.45) is 5.42. The van der Waals surface area contributed by atoms with E-state index in [4.69, 9.17) is 4.74 Å². The molecule has 1 aliphatic heterocycles. The van der Waals surface area contributed by atoms with Gasteiger partial charge in [-0.15, -0.1) is 0 Å². The van der Waals surface area contributed by atoms with Crippen molar-refractivity contribution in [3.63, 3.8) is 0 Å². The summed E-state index contributed by atoms with van der Waals surface area (Å²) in [4.78, 5) is 52.1. The largest absolute Gasteiger partial charge is 0.422 e. The van der Waals surface area contributed by atoms with Crippen molar-refractivity contribution in [2.45, 2.75) is 13.3 Å². The van der Waals surface area contributed by atoms with Gasteiger partial charge >= 0.3 is 5.97 Å². The molecule has 6 nitrogen and oxygen atoms in total. The summed E-state index contributed by atoms with van der Waals surface area (Å²) in [5, 5.41) is 0. The lowest BCUT2D eigenvalue weighted by molar-refractivity contribution is -0.124. The molecule has 1 heterocycles. The second kappa shape index (κ2) is 6.73. The molecule has 2 bridgehead atoms. The van der Waals surface area contributed by atoms with E-state index in [0.29, 0.717) is 23.1 Å². The zero-order chi connectivity index (χ0) is 22.1. The van der Waals surface area contributed by atoms with Crippen LogP contribution < -0.4 is 9.64 Å². The van der Waals surface area contributed by atoms with Crippen LogP contribution in [0.2, 0.25) is 0 Å². The van der Waals surface area contributed by atoms with Crippen LogP contribution in [0.5, 0.6) is 5.75 Å². The molecule has 0 spiro atoms. The fourth-order valence-electron chi connectivity index (χ4n) is 5.96. The van der Waals surface area contributed by atoms with Gasteiger partial charge < -0.3 is 4.74 Å². The Bertz CT molecular complexity index is 1180. The fraction of sp³-hybridized carbons (Fsp3) is 0.308. The summed E-state index contributed by atoms with van der Waals surface area (Å²) in [7, 11) is 0. The van der Waals surface area contributed by atoms with Gasteiger partial charge in [-0.2, -0.15) is 0 Å². The second-order valence-electron chi connectivity index (χ2n) is 9.16. The maximum absolute atomic E-state index is 13.2. The van der Waals surface area contributed by atoms with Crippen LogP contribution in [0.3, 0.4) is 0 Å². The van der Waals surface area contributed by atoms with Gasteiger partial charge in [-0.25, -0.2) is 4.79 Å². The number of carbonyl (C=O) groups is 4. The van der Waals surface area contributed by atoms with Crippen LogP contribution in [0, 0.1) is 35.5 Å². The number of para-hydroxylation sites is 1. The molecule has 7 rings (SSSR count). The molecule has 4 aliphatic carbocycles. The molecule has 0 radical (unpaired) electrons. The van der Waals surface area contributed by atoms with Crippen LogP contribution in [0.4, 0.5) is 5.69 Å². The van der Waals surface area contributed by atoms with Crippen LogP contribution in [-0.2, 0) is 9.59 Å². The number of hydrogen-bond acceptors (Lipinski definition) is 5. The number of carbonyl (C=O) groups excluding carboxylic acids is 4. The Morgan fingerprint density at radius 2 is 1.47 bits per heavy atom. The highest BCUT2D eigenvalue weighted by atomic mass is 16.5. The number of allylic oxidation sites excluding steroid dienone is 2. The highest BCUT2D eigenvalue weighted by molar-refractivity contribution is 6.22. The van der Waals surface area contributed by atoms with Gasteiger partial charge in [-0.1, -0.05) is 24.3 Å². The van der Waals surface area contributed by atoms with Crippen LogP contribution in [0.25, 0.3) is 0 Å². The summed E-state index contributed by atoms with van der Waals surface area (Å²) < 4.78 is 5.42. The number of rotatable bonds is 4. The van der Waals surface area contributed by atoms with Crippen molar-refractivity contribution < 1.29 is 23.9 Å². The van der Waals surface area contributed by atoms with E-state index in [0.717, 1.165) is 6.42 Å². The summed E-state index contributed by atoms with van der Waals surface area (Å²) in [6, 6.07) is 12.9. The monoisotopic (exact) mass is 427 g/mol. The minimum atomic E-state index is -0.611. The zero-order valence-corrected chi connectivity index (χ0v) is 17.4. The molecule has 0 unspecified atom stereocenters. The normalized spacial score (nSPS) is 31.3. The molecule has 3 fully saturated rings. The van der Waals surface area contributed by atoms with Crippen molar-refractivity contribution in [3.8, 4) is 5.75 Å². The summed E-state index contributed by atoms with van der Waals surface area (Å²) >= 11 is 0. The third-order valence-corrected chi connectivity index (χ3v) is 7.49. The van der Waals surface area contributed by atoms with Crippen molar-refractivity contribution in [2.75, 3.05) is 4.90 Å². The highest BCUT2D eigenvalue weighted by Gasteiger charge is 2.67. The fourth-order valence-corrected chi connectivity index (χ4v) is 5.96. The Kier molecular flexibility index (Phi) is 4.03. The first kappa shape index (κ1) is 19.2. The Balaban J connectivity index is 1.23. The molecule has 6 atom stereocenters. The maximum Gasteiger partial charge on any atom is 0.343 e. The highest BCUT2D eigenvalue weighted by Crippen LogP contribution is 2.65. The molecule has 6 heteroatoms. The van der Waals surface area contributed by atoms with Gasteiger partial charge in [0.1, 0.15) is 5.75 Å². The number of ether oxygens (including phenoxy) is 1. The van der Waals surface area contributed by atoms with Gasteiger partial charge in [-0.05, 0) is 73.4 Å². The minimum absolute atomic E-state index is 0.129. The van der Waals surface area contributed by atoms with Gasteiger partial charge in [0, 0.05) is 0 Å². The molecule has 5 aliphatic rings. The number of Topliss-reactive ketones (excluding diaryl/α,β-unsaturated/α-hetero) is 1. The molecule has 0 N–H and O–H groups in total. The topological polar surface area (TPSA) is 80.8 Å². The maximum atomic E-state index is 13.2. The molecular formula is C26H21NO5. The lowest BCUT2D eigenvalue weighted by Gasteiger charge is -2.37. The van der Waals surface area contributed by atoms with E-state index >= 15 is 0 Å². The van der Waals surface area contributed by atoms with Crippen LogP contribution in [0.15, 0.2) is 60.7 Å². The van der Waals surface area contributed by atoms with E-state index in [1.165, 1.54) is 11.8 Å². The van der Waals surface area contributed by atoms with E-state index in [1.807, 2.05) is 0 Å². The van der Waals surface area contributed by atoms with Crippen molar-refractivity contribution in [3.05, 3.63) is 71.8 Å². The number of benzene rings is 2. The van der Waals surface area contributed by atoms with E-state index in [2.05, 4.69) is 12.2 Å². The average Bonchev–Trinajstić information content (AvgIpc) is 3.57. The summed E-state index contributed by atoms with van der Waals surface area (Å²) in [5.74, 6) is 0.0751. The number of ketones is 1. The average molecular weight is 427 g/mol. The summed E-state index contributed by atoms with van der Waals surface area (Å²) in [6.45, 7) is 1.41. The predicted octanol–water partition coefficient (Wildman–Crippen LogP) is 3.67.